The molecule has 0 aromatic heterocycles. The zero-order valence-corrected chi connectivity index (χ0v) is 12.6. The van der Waals surface area contributed by atoms with Gasteiger partial charge in [0.15, 0.2) is 0 Å². The fourth-order valence-corrected chi connectivity index (χ4v) is 3.28. The summed E-state index contributed by atoms with van der Waals surface area (Å²) in [6, 6.07) is 5.52. The van der Waals surface area contributed by atoms with E-state index in [4.69, 9.17) is 23.2 Å². The molecule has 0 saturated carbocycles. The van der Waals surface area contributed by atoms with Crippen LogP contribution in [0.3, 0.4) is 0 Å². The van der Waals surface area contributed by atoms with Crippen molar-refractivity contribution in [2.24, 2.45) is 0 Å². The van der Waals surface area contributed by atoms with Crippen molar-refractivity contribution in [3.05, 3.63) is 33.8 Å². The molecule has 108 valence electrons. The molecular weight excluding hydrogens is 297 g/mol. The van der Waals surface area contributed by atoms with Crippen molar-refractivity contribution in [2.45, 2.75) is 24.9 Å². The second kappa shape index (κ2) is 5.43. The summed E-state index contributed by atoms with van der Waals surface area (Å²) in [5.41, 5.74) is 0.944. The Morgan fingerprint density at radius 1 is 1.20 bits per heavy atom. The first-order chi connectivity index (χ1) is 9.58. The van der Waals surface area contributed by atoms with Crippen molar-refractivity contribution >= 4 is 29.2 Å². The van der Waals surface area contributed by atoms with E-state index in [0.29, 0.717) is 16.6 Å². The highest BCUT2D eigenvalue weighted by atomic mass is 35.5. The van der Waals surface area contributed by atoms with E-state index >= 15 is 0 Å². The highest BCUT2D eigenvalue weighted by Gasteiger charge is 2.42. The van der Waals surface area contributed by atoms with Crippen LogP contribution in [0.5, 0.6) is 0 Å². The van der Waals surface area contributed by atoms with Gasteiger partial charge < -0.3 is 15.5 Å². The largest absolute Gasteiger partial charge is 0.331 e. The van der Waals surface area contributed by atoms with Gasteiger partial charge in [-0.05, 0) is 43.6 Å². The van der Waals surface area contributed by atoms with Gasteiger partial charge in [-0.25, -0.2) is 4.79 Å². The number of piperidine rings is 1. The van der Waals surface area contributed by atoms with Crippen LogP contribution in [0.4, 0.5) is 4.79 Å². The van der Waals surface area contributed by atoms with Crippen LogP contribution in [0, 0.1) is 0 Å². The first-order valence-corrected chi connectivity index (χ1v) is 7.55. The van der Waals surface area contributed by atoms with Gasteiger partial charge in [0.25, 0.3) is 0 Å². The fraction of sp³-hybridized carbons (Fsp3) is 0.500. The summed E-state index contributed by atoms with van der Waals surface area (Å²) < 4.78 is 0. The SMILES string of the molecule is O=C1NC2(CCNCC2)CN1Cc1ccc(Cl)c(Cl)c1. The summed E-state index contributed by atoms with van der Waals surface area (Å²) >= 11 is 11.9. The third kappa shape index (κ3) is 2.73. The molecule has 2 amide bonds. The van der Waals surface area contributed by atoms with Gasteiger partial charge in [-0.2, -0.15) is 0 Å². The maximum Gasteiger partial charge on any atom is 0.318 e. The van der Waals surface area contributed by atoms with Crippen LogP contribution in [-0.4, -0.2) is 36.1 Å². The molecule has 2 heterocycles. The quantitative estimate of drug-likeness (QED) is 0.881. The summed E-state index contributed by atoms with van der Waals surface area (Å²) in [5, 5.41) is 7.55. The number of carbonyl (C=O) groups is 1. The number of hydrogen-bond acceptors (Lipinski definition) is 2. The van der Waals surface area contributed by atoms with Crippen LogP contribution >= 0.6 is 23.2 Å². The first kappa shape index (κ1) is 14.0. The molecule has 3 rings (SSSR count). The first-order valence-electron chi connectivity index (χ1n) is 6.80. The Kier molecular flexibility index (Phi) is 3.80. The molecule has 20 heavy (non-hydrogen) atoms. The zero-order chi connectivity index (χ0) is 14.2. The molecule has 2 aliphatic rings. The van der Waals surface area contributed by atoms with Crippen molar-refractivity contribution in [2.75, 3.05) is 19.6 Å². The summed E-state index contributed by atoms with van der Waals surface area (Å²) in [4.78, 5) is 14.0. The highest BCUT2D eigenvalue weighted by Crippen LogP contribution is 2.28. The van der Waals surface area contributed by atoms with Crippen LogP contribution in [0.1, 0.15) is 18.4 Å². The standard InChI is InChI=1S/C14H17Cl2N3O/c15-11-2-1-10(7-12(11)16)8-19-9-14(18-13(19)20)3-5-17-6-4-14/h1-2,7,17H,3-6,8-9H2,(H,18,20). The van der Waals surface area contributed by atoms with Crippen LogP contribution < -0.4 is 10.6 Å². The van der Waals surface area contributed by atoms with E-state index in [-0.39, 0.29) is 11.6 Å². The third-order valence-corrected chi connectivity index (χ3v) is 4.81. The van der Waals surface area contributed by atoms with Crippen LogP contribution in [0.2, 0.25) is 10.0 Å². The number of hydrogen-bond donors (Lipinski definition) is 2. The molecule has 2 N–H and O–H groups in total. The molecule has 0 atom stereocenters. The number of benzene rings is 1. The van der Waals surface area contributed by atoms with Gasteiger partial charge in [0, 0.05) is 13.1 Å². The Balaban J connectivity index is 1.71. The lowest BCUT2D eigenvalue weighted by atomic mass is 9.89. The summed E-state index contributed by atoms with van der Waals surface area (Å²) in [5.74, 6) is 0. The number of amides is 2. The lowest BCUT2D eigenvalue weighted by molar-refractivity contribution is 0.215. The Bertz CT molecular complexity index is 529. The van der Waals surface area contributed by atoms with E-state index < -0.39 is 0 Å². The van der Waals surface area contributed by atoms with Gasteiger partial charge >= 0.3 is 6.03 Å². The average molecular weight is 314 g/mol. The predicted octanol–water partition coefficient (Wildman–Crippen LogP) is 2.64. The topological polar surface area (TPSA) is 44.4 Å². The average Bonchev–Trinajstić information content (AvgIpc) is 2.71. The van der Waals surface area contributed by atoms with E-state index in [2.05, 4.69) is 10.6 Å². The van der Waals surface area contributed by atoms with E-state index in [1.165, 1.54) is 0 Å². The second-order valence-electron chi connectivity index (χ2n) is 5.57. The molecule has 2 aliphatic heterocycles. The Morgan fingerprint density at radius 3 is 2.65 bits per heavy atom. The van der Waals surface area contributed by atoms with Gasteiger partial charge in [0.1, 0.15) is 0 Å². The van der Waals surface area contributed by atoms with Crippen molar-refractivity contribution in [1.82, 2.24) is 15.5 Å². The maximum absolute atomic E-state index is 12.1. The van der Waals surface area contributed by atoms with Gasteiger partial charge in [-0.3, -0.25) is 0 Å². The lowest BCUT2D eigenvalue weighted by Gasteiger charge is -2.33. The minimum absolute atomic E-state index is 0.0120. The zero-order valence-electron chi connectivity index (χ0n) is 11.1. The molecule has 1 aromatic carbocycles. The van der Waals surface area contributed by atoms with E-state index in [9.17, 15) is 4.79 Å². The molecule has 0 aliphatic carbocycles. The van der Waals surface area contributed by atoms with Crippen molar-refractivity contribution in [1.29, 1.82) is 0 Å². The molecule has 2 saturated heterocycles. The summed E-state index contributed by atoms with van der Waals surface area (Å²) in [6.45, 7) is 3.24. The van der Waals surface area contributed by atoms with Gasteiger partial charge in [-0.1, -0.05) is 29.3 Å². The number of nitrogens with one attached hydrogen (secondary N) is 2. The van der Waals surface area contributed by atoms with Gasteiger partial charge in [-0.15, -0.1) is 0 Å². The Labute approximate surface area is 128 Å². The van der Waals surface area contributed by atoms with Crippen LogP contribution in [-0.2, 0) is 6.54 Å². The van der Waals surface area contributed by atoms with Crippen LogP contribution in [0.15, 0.2) is 18.2 Å². The Morgan fingerprint density at radius 2 is 1.95 bits per heavy atom. The second-order valence-corrected chi connectivity index (χ2v) is 6.38. The van der Waals surface area contributed by atoms with Crippen molar-refractivity contribution in [3.8, 4) is 0 Å². The van der Waals surface area contributed by atoms with Gasteiger partial charge in [0.2, 0.25) is 0 Å². The van der Waals surface area contributed by atoms with Crippen molar-refractivity contribution in [3.63, 3.8) is 0 Å². The molecule has 0 unspecified atom stereocenters. The molecule has 1 spiro atoms. The smallest absolute Gasteiger partial charge is 0.318 e. The molecule has 0 bridgehead atoms. The minimum Gasteiger partial charge on any atom is -0.331 e. The summed E-state index contributed by atoms with van der Waals surface area (Å²) in [7, 11) is 0. The molecule has 6 heteroatoms. The molecule has 1 aromatic rings. The molecule has 2 fully saturated rings. The lowest BCUT2D eigenvalue weighted by Crippen LogP contribution is -2.51. The third-order valence-electron chi connectivity index (χ3n) is 4.07. The molecular formula is C14H17Cl2N3O. The Hall–Kier alpha value is -0.970. The molecule has 0 radical (unpaired) electrons. The van der Waals surface area contributed by atoms with Gasteiger partial charge in [0.05, 0.1) is 15.6 Å². The number of urea groups is 1. The van der Waals surface area contributed by atoms with Crippen molar-refractivity contribution < 1.29 is 4.79 Å². The monoisotopic (exact) mass is 313 g/mol. The fourth-order valence-electron chi connectivity index (χ4n) is 2.96. The maximum atomic E-state index is 12.1. The number of nitrogens with zero attached hydrogens (tertiary/aromatic N) is 1. The molecule has 4 nitrogen and oxygen atoms in total. The summed E-state index contributed by atoms with van der Waals surface area (Å²) in [6.07, 6.45) is 1.97. The highest BCUT2D eigenvalue weighted by molar-refractivity contribution is 6.42. The number of carbonyl (C=O) groups excluding carboxylic acids is 1. The number of rotatable bonds is 2. The van der Waals surface area contributed by atoms with Crippen LogP contribution in [0.25, 0.3) is 0 Å². The van der Waals surface area contributed by atoms with E-state index in [1.54, 1.807) is 6.07 Å². The minimum atomic E-state index is -0.0570. The van der Waals surface area contributed by atoms with E-state index in [1.807, 2.05) is 17.0 Å². The number of halogens is 2. The predicted molar refractivity (Wildman–Crippen MR) is 80.2 cm³/mol. The normalized spacial score (nSPS) is 21.3. The van der Waals surface area contributed by atoms with E-state index in [0.717, 1.165) is 38.0 Å².